The van der Waals surface area contributed by atoms with Gasteiger partial charge in [0.25, 0.3) is 5.88 Å². The van der Waals surface area contributed by atoms with Crippen LogP contribution in [0.25, 0.3) is 0 Å². The van der Waals surface area contributed by atoms with Crippen molar-refractivity contribution in [1.29, 1.82) is 0 Å². The Bertz CT molecular complexity index is 1240. The van der Waals surface area contributed by atoms with Gasteiger partial charge in [-0.15, -0.1) is 6.42 Å². The van der Waals surface area contributed by atoms with E-state index < -0.39 is 30.0 Å². The standard InChI is InChI=1S/C26H21ClFNO7/c1-4-13-32-25(30)16(2)33-19-7-11-22(12-8-19)36-26(31)17(3)34-20-5-9-21(10-6-20)35-24-23(28)14-18(27)15-29-24/h1,5-12,14-17H,13H2,2-3H3/t16-,17-/m1/s1. The van der Waals surface area contributed by atoms with Crippen molar-refractivity contribution in [3.8, 4) is 41.2 Å². The number of terminal acetylenes is 1. The van der Waals surface area contributed by atoms with Crippen LogP contribution in [0.3, 0.4) is 0 Å². The minimum Gasteiger partial charge on any atom is -0.479 e. The molecule has 0 radical (unpaired) electrons. The second kappa shape index (κ2) is 12.4. The highest BCUT2D eigenvalue weighted by molar-refractivity contribution is 6.30. The summed E-state index contributed by atoms with van der Waals surface area (Å²) < 4.78 is 40.4. The van der Waals surface area contributed by atoms with Crippen LogP contribution in [0.2, 0.25) is 5.02 Å². The average Bonchev–Trinajstić information content (AvgIpc) is 2.86. The molecule has 0 aliphatic rings. The molecule has 0 unspecified atom stereocenters. The smallest absolute Gasteiger partial charge is 0.352 e. The van der Waals surface area contributed by atoms with Crippen LogP contribution in [0.1, 0.15) is 13.8 Å². The van der Waals surface area contributed by atoms with Gasteiger partial charge in [-0.05, 0) is 68.4 Å². The summed E-state index contributed by atoms with van der Waals surface area (Å²) in [6, 6.07) is 13.4. The van der Waals surface area contributed by atoms with Gasteiger partial charge in [-0.3, -0.25) is 0 Å². The van der Waals surface area contributed by atoms with Crippen molar-refractivity contribution < 1.29 is 37.7 Å². The molecular weight excluding hydrogens is 493 g/mol. The highest BCUT2D eigenvalue weighted by atomic mass is 35.5. The number of ether oxygens (including phenoxy) is 5. The number of pyridine rings is 1. The molecule has 0 bridgehead atoms. The number of rotatable bonds is 10. The summed E-state index contributed by atoms with van der Waals surface area (Å²) in [5.74, 6) is 1.36. The first kappa shape index (κ1) is 26.3. The lowest BCUT2D eigenvalue weighted by Gasteiger charge is -2.15. The van der Waals surface area contributed by atoms with E-state index in [1.807, 2.05) is 0 Å². The molecule has 8 nitrogen and oxygen atoms in total. The fourth-order valence-corrected chi connectivity index (χ4v) is 2.84. The number of hydrogen-bond acceptors (Lipinski definition) is 8. The zero-order chi connectivity index (χ0) is 26.1. The van der Waals surface area contributed by atoms with Crippen molar-refractivity contribution in [2.75, 3.05) is 6.61 Å². The molecule has 2 atom stereocenters. The number of aromatic nitrogens is 1. The van der Waals surface area contributed by atoms with E-state index in [4.69, 9.17) is 41.7 Å². The molecule has 3 rings (SSSR count). The molecule has 36 heavy (non-hydrogen) atoms. The molecule has 0 fully saturated rings. The number of nitrogens with zero attached hydrogens (tertiary/aromatic N) is 1. The molecule has 0 spiro atoms. The van der Waals surface area contributed by atoms with Gasteiger partial charge in [0.1, 0.15) is 23.0 Å². The van der Waals surface area contributed by atoms with E-state index in [1.165, 1.54) is 56.4 Å². The van der Waals surface area contributed by atoms with Crippen LogP contribution in [0, 0.1) is 18.2 Å². The van der Waals surface area contributed by atoms with Crippen molar-refractivity contribution in [2.45, 2.75) is 26.1 Å². The van der Waals surface area contributed by atoms with Crippen molar-refractivity contribution >= 4 is 23.5 Å². The number of esters is 2. The van der Waals surface area contributed by atoms with Gasteiger partial charge < -0.3 is 23.7 Å². The lowest BCUT2D eigenvalue weighted by molar-refractivity contribution is -0.149. The van der Waals surface area contributed by atoms with Gasteiger partial charge in [-0.25, -0.2) is 19.0 Å². The van der Waals surface area contributed by atoms with Crippen molar-refractivity contribution in [2.24, 2.45) is 0 Å². The topological polar surface area (TPSA) is 93.2 Å². The Labute approximate surface area is 211 Å². The van der Waals surface area contributed by atoms with E-state index in [0.29, 0.717) is 17.2 Å². The third kappa shape index (κ3) is 7.61. The highest BCUT2D eigenvalue weighted by Crippen LogP contribution is 2.26. The predicted octanol–water partition coefficient (Wildman–Crippen LogP) is 4.98. The summed E-state index contributed by atoms with van der Waals surface area (Å²) in [6.45, 7) is 2.92. The summed E-state index contributed by atoms with van der Waals surface area (Å²) in [5.41, 5.74) is 0. The van der Waals surface area contributed by atoms with Crippen molar-refractivity contribution in [1.82, 2.24) is 4.98 Å². The van der Waals surface area contributed by atoms with Crippen LogP contribution in [-0.2, 0) is 14.3 Å². The van der Waals surface area contributed by atoms with E-state index in [2.05, 4.69) is 10.9 Å². The number of carbonyl (C=O) groups excluding carboxylic acids is 2. The van der Waals surface area contributed by atoms with Crippen LogP contribution in [0.4, 0.5) is 4.39 Å². The minimum absolute atomic E-state index is 0.138. The molecule has 0 aliphatic heterocycles. The van der Waals surface area contributed by atoms with Gasteiger partial charge >= 0.3 is 11.9 Å². The van der Waals surface area contributed by atoms with Crippen LogP contribution < -0.4 is 18.9 Å². The summed E-state index contributed by atoms with van der Waals surface area (Å²) in [4.78, 5) is 27.9. The van der Waals surface area contributed by atoms with Crippen LogP contribution in [0.15, 0.2) is 60.8 Å². The molecular formula is C26H21ClFNO7. The maximum Gasteiger partial charge on any atom is 0.352 e. The molecule has 0 aliphatic carbocycles. The third-order valence-electron chi connectivity index (χ3n) is 4.44. The quantitative estimate of drug-likeness (QED) is 0.213. The van der Waals surface area contributed by atoms with E-state index in [-0.39, 0.29) is 23.3 Å². The maximum absolute atomic E-state index is 13.8. The largest absolute Gasteiger partial charge is 0.479 e. The van der Waals surface area contributed by atoms with Gasteiger partial charge in [0.15, 0.2) is 24.6 Å². The maximum atomic E-state index is 13.8. The van der Waals surface area contributed by atoms with Crippen LogP contribution in [-0.4, -0.2) is 35.7 Å². The number of hydrogen-bond donors (Lipinski definition) is 0. The molecule has 0 amide bonds. The number of benzene rings is 2. The van der Waals surface area contributed by atoms with Crippen LogP contribution in [0.5, 0.6) is 28.9 Å². The molecule has 2 aromatic carbocycles. The summed E-state index contributed by atoms with van der Waals surface area (Å²) >= 11 is 5.68. The Morgan fingerprint density at radius 2 is 1.47 bits per heavy atom. The van der Waals surface area contributed by atoms with E-state index in [9.17, 15) is 14.0 Å². The monoisotopic (exact) mass is 513 g/mol. The predicted molar refractivity (Wildman–Crippen MR) is 128 cm³/mol. The fraction of sp³-hybridized carbons (Fsp3) is 0.192. The first-order valence-electron chi connectivity index (χ1n) is 10.6. The lowest BCUT2D eigenvalue weighted by Crippen LogP contribution is -2.28. The van der Waals surface area contributed by atoms with E-state index >= 15 is 0 Å². The van der Waals surface area contributed by atoms with Gasteiger partial charge in [0, 0.05) is 6.20 Å². The highest BCUT2D eigenvalue weighted by Gasteiger charge is 2.19. The molecule has 0 N–H and O–H groups in total. The minimum atomic E-state index is -0.936. The molecule has 0 saturated heterocycles. The Morgan fingerprint density at radius 1 is 0.944 bits per heavy atom. The second-order valence-electron chi connectivity index (χ2n) is 7.24. The van der Waals surface area contributed by atoms with Crippen molar-refractivity contribution in [3.05, 3.63) is 71.6 Å². The molecule has 186 valence electrons. The third-order valence-corrected chi connectivity index (χ3v) is 4.65. The lowest BCUT2D eigenvalue weighted by atomic mass is 10.3. The second-order valence-corrected chi connectivity index (χ2v) is 7.67. The first-order chi connectivity index (χ1) is 17.2. The zero-order valence-corrected chi connectivity index (χ0v) is 20.0. The number of carbonyl (C=O) groups is 2. The Morgan fingerprint density at radius 3 is 2.03 bits per heavy atom. The first-order valence-corrected chi connectivity index (χ1v) is 11.0. The van der Waals surface area contributed by atoms with E-state index in [0.717, 1.165) is 6.07 Å². The molecule has 0 saturated carbocycles. The van der Waals surface area contributed by atoms with Gasteiger partial charge in [0.2, 0.25) is 0 Å². The van der Waals surface area contributed by atoms with Crippen LogP contribution >= 0.6 is 11.6 Å². The van der Waals surface area contributed by atoms with Gasteiger partial charge in [0.05, 0.1) is 5.02 Å². The van der Waals surface area contributed by atoms with Crippen molar-refractivity contribution in [3.63, 3.8) is 0 Å². The Balaban J connectivity index is 1.50. The summed E-state index contributed by atoms with van der Waals surface area (Å²) in [5, 5.41) is 0.155. The average molecular weight is 514 g/mol. The zero-order valence-electron chi connectivity index (χ0n) is 19.3. The Hall–Kier alpha value is -4.29. The summed E-state index contributed by atoms with van der Waals surface area (Å²) in [7, 11) is 0. The normalized spacial score (nSPS) is 12.0. The molecule has 1 heterocycles. The SMILES string of the molecule is C#CCOC(=O)[C@@H](C)Oc1ccc(OC(=O)[C@@H](C)Oc2ccc(Oc3ncc(Cl)cc3F)cc2)cc1. The van der Waals surface area contributed by atoms with E-state index in [1.54, 1.807) is 12.1 Å². The summed E-state index contributed by atoms with van der Waals surface area (Å²) in [6.07, 6.45) is 4.52. The fourth-order valence-electron chi connectivity index (χ4n) is 2.70. The molecule has 3 aromatic rings. The van der Waals surface area contributed by atoms with Gasteiger partial charge in [-0.1, -0.05) is 17.5 Å². The molecule has 10 heteroatoms. The van der Waals surface area contributed by atoms with Gasteiger partial charge in [-0.2, -0.15) is 0 Å². The molecule has 1 aromatic heterocycles. The Kier molecular flexibility index (Phi) is 9.08. The number of halogens is 2.